The van der Waals surface area contributed by atoms with Gasteiger partial charge in [0, 0.05) is 11.3 Å². The zero-order chi connectivity index (χ0) is 18.7. The summed E-state index contributed by atoms with van der Waals surface area (Å²) in [5.74, 6) is 0.987. The number of benzene rings is 2. The predicted molar refractivity (Wildman–Crippen MR) is 100 cm³/mol. The highest BCUT2D eigenvalue weighted by atomic mass is 16.6. The molecule has 0 aliphatic heterocycles. The molecule has 0 aromatic heterocycles. The number of ether oxygens (including phenoxy) is 2. The van der Waals surface area contributed by atoms with Gasteiger partial charge in [-0.05, 0) is 42.7 Å². The SMILES string of the molecule is COc1cc2c(cc1OCc1ccccc1)[C@H](C=C(C)C)[C@H]([N+](=O)[O-])C2. The lowest BCUT2D eigenvalue weighted by Gasteiger charge is -2.15. The van der Waals surface area contributed by atoms with Crippen molar-refractivity contribution in [2.45, 2.75) is 38.8 Å². The minimum atomic E-state index is -0.644. The van der Waals surface area contributed by atoms with Crippen molar-refractivity contribution in [3.8, 4) is 11.5 Å². The van der Waals surface area contributed by atoms with Crippen LogP contribution in [-0.2, 0) is 13.0 Å². The fourth-order valence-corrected chi connectivity index (χ4v) is 3.44. The Balaban J connectivity index is 1.94. The molecule has 0 heterocycles. The molecular weight excluding hydrogens is 330 g/mol. The van der Waals surface area contributed by atoms with E-state index < -0.39 is 6.04 Å². The molecule has 1 aliphatic rings. The van der Waals surface area contributed by atoms with Crippen molar-refractivity contribution in [3.63, 3.8) is 0 Å². The summed E-state index contributed by atoms with van der Waals surface area (Å²) >= 11 is 0. The molecule has 0 bridgehead atoms. The van der Waals surface area contributed by atoms with Gasteiger partial charge in [-0.15, -0.1) is 0 Å². The highest BCUT2D eigenvalue weighted by Gasteiger charge is 2.40. The van der Waals surface area contributed by atoms with Gasteiger partial charge >= 0.3 is 0 Å². The highest BCUT2D eigenvalue weighted by Crippen LogP contribution is 2.42. The third kappa shape index (κ3) is 3.72. The predicted octanol–water partition coefficient (Wildman–Crippen LogP) is 4.53. The molecule has 0 saturated heterocycles. The van der Waals surface area contributed by atoms with Crippen LogP contribution in [0.4, 0.5) is 0 Å². The summed E-state index contributed by atoms with van der Waals surface area (Å²) in [6, 6.07) is 13.0. The van der Waals surface area contributed by atoms with Crippen molar-refractivity contribution in [2.75, 3.05) is 7.11 Å². The Labute approximate surface area is 153 Å². The van der Waals surface area contributed by atoms with Gasteiger partial charge in [-0.3, -0.25) is 10.1 Å². The van der Waals surface area contributed by atoms with Crippen LogP contribution in [0.5, 0.6) is 11.5 Å². The Kier molecular flexibility index (Phi) is 5.26. The van der Waals surface area contributed by atoms with Crippen LogP contribution in [0, 0.1) is 10.1 Å². The number of hydrogen-bond donors (Lipinski definition) is 0. The fraction of sp³-hybridized carbons (Fsp3) is 0.333. The molecule has 2 atom stereocenters. The van der Waals surface area contributed by atoms with Gasteiger partial charge in [-0.25, -0.2) is 0 Å². The third-order valence-electron chi connectivity index (χ3n) is 4.65. The van der Waals surface area contributed by atoms with Crippen molar-refractivity contribution < 1.29 is 14.4 Å². The van der Waals surface area contributed by atoms with Crippen molar-refractivity contribution in [2.24, 2.45) is 0 Å². The van der Waals surface area contributed by atoms with Crippen LogP contribution < -0.4 is 9.47 Å². The molecule has 2 aromatic carbocycles. The highest BCUT2D eigenvalue weighted by molar-refractivity contribution is 5.52. The first-order valence-corrected chi connectivity index (χ1v) is 8.65. The maximum absolute atomic E-state index is 11.5. The van der Waals surface area contributed by atoms with Crippen molar-refractivity contribution in [1.29, 1.82) is 0 Å². The molecule has 2 aromatic rings. The van der Waals surface area contributed by atoms with Crippen molar-refractivity contribution in [1.82, 2.24) is 0 Å². The average Bonchev–Trinajstić information content (AvgIpc) is 2.97. The number of methoxy groups -OCH3 is 1. The van der Waals surface area contributed by atoms with E-state index in [1.165, 1.54) is 0 Å². The van der Waals surface area contributed by atoms with Crippen molar-refractivity contribution >= 4 is 0 Å². The van der Waals surface area contributed by atoms with Gasteiger partial charge in [0.1, 0.15) is 6.61 Å². The third-order valence-corrected chi connectivity index (χ3v) is 4.65. The standard InChI is InChI=1S/C21H23NO4/c1-14(2)9-18-17-12-21(26-13-15-7-5-4-6-8-15)20(25-3)11-16(17)10-19(18)22(23)24/h4-9,11-12,18-19H,10,13H2,1-3H3/t18-,19+/m0/s1. The molecule has 5 heteroatoms. The molecule has 0 radical (unpaired) electrons. The van der Waals surface area contributed by atoms with Crippen LogP contribution in [0.3, 0.4) is 0 Å². The molecule has 1 aliphatic carbocycles. The van der Waals surface area contributed by atoms with Gasteiger partial charge in [0.25, 0.3) is 0 Å². The van der Waals surface area contributed by atoms with Crippen LogP contribution in [0.25, 0.3) is 0 Å². The zero-order valence-electron chi connectivity index (χ0n) is 15.3. The molecule has 0 saturated carbocycles. The molecule has 0 spiro atoms. The number of nitrogens with zero attached hydrogens (tertiary/aromatic N) is 1. The second-order valence-corrected chi connectivity index (χ2v) is 6.80. The van der Waals surface area contributed by atoms with Crippen LogP contribution in [0.15, 0.2) is 54.1 Å². The molecule has 0 unspecified atom stereocenters. The van der Waals surface area contributed by atoms with E-state index in [1.54, 1.807) is 7.11 Å². The second-order valence-electron chi connectivity index (χ2n) is 6.80. The minimum absolute atomic E-state index is 0.179. The molecule has 5 nitrogen and oxygen atoms in total. The Bertz CT molecular complexity index is 825. The maximum Gasteiger partial charge on any atom is 0.227 e. The summed E-state index contributed by atoms with van der Waals surface area (Å²) in [6.07, 6.45) is 2.39. The first kappa shape index (κ1) is 18.0. The van der Waals surface area contributed by atoms with Crippen LogP contribution >= 0.6 is 0 Å². The average molecular weight is 353 g/mol. The van der Waals surface area contributed by atoms with Gasteiger partial charge in [-0.2, -0.15) is 0 Å². The number of rotatable bonds is 6. The maximum atomic E-state index is 11.5. The normalized spacial score (nSPS) is 18.1. The molecular formula is C21H23NO4. The first-order chi connectivity index (χ1) is 12.5. The summed E-state index contributed by atoms with van der Waals surface area (Å²) in [4.78, 5) is 11.3. The largest absolute Gasteiger partial charge is 0.493 e. The lowest BCUT2D eigenvalue weighted by atomic mass is 9.96. The molecule has 0 N–H and O–H groups in total. The number of fused-ring (bicyclic) bond motifs is 1. The van der Waals surface area contributed by atoms with E-state index in [0.717, 1.165) is 22.3 Å². The van der Waals surface area contributed by atoms with E-state index in [0.29, 0.717) is 24.5 Å². The van der Waals surface area contributed by atoms with E-state index in [9.17, 15) is 10.1 Å². The Morgan fingerprint density at radius 3 is 2.58 bits per heavy atom. The zero-order valence-corrected chi connectivity index (χ0v) is 15.3. The minimum Gasteiger partial charge on any atom is -0.493 e. The molecule has 0 fully saturated rings. The number of allylic oxidation sites excluding steroid dienone is 1. The van der Waals surface area contributed by atoms with Crippen LogP contribution in [0.1, 0.15) is 36.5 Å². The fourth-order valence-electron chi connectivity index (χ4n) is 3.44. The van der Waals surface area contributed by atoms with E-state index >= 15 is 0 Å². The lowest BCUT2D eigenvalue weighted by Crippen LogP contribution is -2.23. The van der Waals surface area contributed by atoms with E-state index in [1.807, 2.05) is 62.4 Å². The van der Waals surface area contributed by atoms with Gasteiger partial charge in [0.2, 0.25) is 6.04 Å². The second kappa shape index (κ2) is 7.60. The van der Waals surface area contributed by atoms with Gasteiger partial charge in [0.15, 0.2) is 11.5 Å². The summed E-state index contributed by atoms with van der Waals surface area (Å²) in [5, 5.41) is 11.5. The summed E-state index contributed by atoms with van der Waals surface area (Å²) in [5.41, 5.74) is 4.03. The lowest BCUT2D eigenvalue weighted by molar-refractivity contribution is -0.522. The molecule has 26 heavy (non-hydrogen) atoms. The topological polar surface area (TPSA) is 61.6 Å². The summed E-state index contributed by atoms with van der Waals surface area (Å²) in [7, 11) is 1.59. The summed E-state index contributed by atoms with van der Waals surface area (Å²) < 4.78 is 11.4. The van der Waals surface area contributed by atoms with E-state index in [4.69, 9.17) is 9.47 Å². The van der Waals surface area contributed by atoms with Gasteiger partial charge in [0.05, 0.1) is 13.0 Å². The monoisotopic (exact) mass is 353 g/mol. The van der Waals surface area contributed by atoms with Gasteiger partial charge < -0.3 is 9.47 Å². The molecule has 136 valence electrons. The smallest absolute Gasteiger partial charge is 0.227 e. The Morgan fingerprint density at radius 2 is 1.96 bits per heavy atom. The van der Waals surface area contributed by atoms with Crippen LogP contribution in [-0.4, -0.2) is 18.1 Å². The van der Waals surface area contributed by atoms with E-state index in [-0.39, 0.29) is 10.8 Å². The van der Waals surface area contributed by atoms with Crippen LogP contribution in [0.2, 0.25) is 0 Å². The Hall–Kier alpha value is -2.82. The Morgan fingerprint density at radius 1 is 1.23 bits per heavy atom. The molecule has 0 amide bonds. The quantitative estimate of drug-likeness (QED) is 0.435. The summed E-state index contributed by atoms with van der Waals surface area (Å²) in [6.45, 7) is 4.35. The van der Waals surface area contributed by atoms with E-state index in [2.05, 4.69) is 0 Å². The molecule has 3 rings (SSSR count). The number of nitro groups is 1. The number of hydrogen-bond acceptors (Lipinski definition) is 4. The van der Waals surface area contributed by atoms with Crippen molar-refractivity contribution in [3.05, 3.63) is 80.9 Å². The van der Waals surface area contributed by atoms with Gasteiger partial charge in [-0.1, -0.05) is 42.0 Å². The first-order valence-electron chi connectivity index (χ1n) is 8.65.